The highest BCUT2D eigenvalue weighted by Gasteiger charge is 2.23. The summed E-state index contributed by atoms with van der Waals surface area (Å²) in [4.78, 5) is 12.5. The van der Waals surface area contributed by atoms with Gasteiger partial charge in [0.15, 0.2) is 5.69 Å². The molecule has 0 bridgehead atoms. The van der Waals surface area contributed by atoms with Crippen molar-refractivity contribution in [2.24, 2.45) is 5.92 Å². The number of nitrogens with zero attached hydrogens (tertiary/aromatic N) is 3. The van der Waals surface area contributed by atoms with Crippen molar-refractivity contribution in [2.45, 2.75) is 52.5 Å². The molecular formula is C18H23FN4O. The number of halogens is 1. The van der Waals surface area contributed by atoms with E-state index < -0.39 is 0 Å². The lowest BCUT2D eigenvalue weighted by Crippen LogP contribution is -2.37. The lowest BCUT2D eigenvalue weighted by Gasteiger charge is -2.26. The molecule has 3 rings (SSSR count). The Hall–Kier alpha value is -2.24. The normalized spacial score (nSPS) is 20.8. The molecule has 1 aromatic heterocycles. The predicted octanol–water partition coefficient (Wildman–Crippen LogP) is 3.33. The molecule has 0 atom stereocenters. The number of aromatic nitrogens is 3. The summed E-state index contributed by atoms with van der Waals surface area (Å²) in [5, 5.41) is 11.1. The summed E-state index contributed by atoms with van der Waals surface area (Å²) in [6.45, 7) is 5.72. The van der Waals surface area contributed by atoms with Crippen molar-refractivity contribution >= 4 is 5.91 Å². The molecule has 0 unspecified atom stereocenters. The highest BCUT2D eigenvalue weighted by Crippen LogP contribution is 2.24. The Morgan fingerprint density at radius 1 is 1.25 bits per heavy atom. The van der Waals surface area contributed by atoms with Gasteiger partial charge in [0.05, 0.1) is 11.4 Å². The topological polar surface area (TPSA) is 59.8 Å². The Labute approximate surface area is 141 Å². The lowest BCUT2D eigenvalue weighted by atomic mass is 9.87. The van der Waals surface area contributed by atoms with Crippen LogP contribution in [0.1, 0.15) is 54.4 Å². The van der Waals surface area contributed by atoms with Crippen LogP contribution in [0.3, 0.4) is 0 Å². The van der Waals surface area contributed by atoms with E-state index in [0.717, 1.165) is 31.6 Å². The maximum Gasteiger partial charge on any atom is 0.273 e. The van der Waals surface area contributed by atoms with Crippen molar-refractivity contribution in [3.8, 4) is 5.69 Å². The van der Waals surface area contributed by atoms with E-state index in [-0.39, 0.29) is 17.8 Å². The third-order valence-corrected chi connectivity index (χ3v) is 4.86. The fraction of sp³-hybridized carbons (Fsp3) is 0.500. The molecule has 6 heteroatoms. The first-order valence-electron chi connectivity index (χ1n) is 8.45. The molecule has 1 N–H and O–H groups in total. The molecule has 2 aromatic rings. The maximum absolute atomic E-state index is 13.8. The largest absolute Gasteiger partial charge is 0.348 e. The van der Waals surface area contributed by atoms with Crippen molar-refractivity contribution in [1.29, 1.82) is 0 Å². The van der Waals surface area contributed by atoms with E-state index >= 15 is 0 Å². The van der Waals surface area contributed by atoms with Crippen LogP contribution in [0, 0.1) is 25.6 Å². The van der Waals surface area contributed by atoms with E-state index in [2.05, 4.69) is 22.6 Å². The van der Waals surface area contributed by atoms with Crippen molar-refractivity contribution in [3.63, 3.8) is 0 Å². The van der Waals surface area contributed by atoms with Crippen LogP contribution in [-0.4, -0.2) is 26.9 Å². The van der Waals surface area contributed by atoms with Gasteiger partial charge in [-0.2, -0.15) is 0 Å². The minimum absolute atomic E-state index is 0.203. The van der Waals surface area contributed by atoms with Gasteiger partial charge in [0.2, 0.25) is 0 Å². The zero-order chi connectivity index (χ0) is 17.3. The SMILES string of the molecule is Cc1ccc(-n2nnc(C(=O)NC3CCC(C)CC3)c2C)cc1F. The summed E-state index contributed by atoms with van der Waals surface area (Å²) in [6, 6.07) is 5.07. The molecule has 1 aliphatic carbocycles. The predicted molar refractivity (Wildman–Crippen MR) is 89.7 cm³/mol. The number of aryl methyl sites for hydroxylation is 1. The second-order valence-corrected chi connectivity index (χ2v) is 6.80. The van der Waals surface area contributed by atoms with E-state index in [9.17, 15) is 9.18 Å². The summed E-state index contributed by atoms with van der Waals surface area (Å²) in [5.74, 6) is 0.229. The molecular weight excluding hydrogens is 307 g/mol. The lowest BCUT2D eigenvalue weighted by molar-refractivity contribution is 0.0917. The number of amides is 1. The van der Waals surface area contributed by atoms with Gasteiger partial charge in [0.25, 0.3) is 5.91 Å². The van der Waals surface area contributed by atoms with Gasteiger partial charge < -0.3 is 5.32 Å². The van der Waals surface area contributed by atoms with Crippen molar-refractivity contribution in [1.82, 2.24) is 20.3 Å². The van der Waals surface area contributed by atoms with E-state index in [1.54, 1.807) is 26.0 Å². The smallest absolute Gasteiger partial charge is 0.273 e. The molecule has 5 nitrogen and oxygen atoms in total. The average molecular weight is 330 g/mol. The number of hydrogen-bond donors (Lipinski definition) is 1. The number of benzene rings is 1. The van der Waals surface area contributed by atoms with Crippen LogP contribution >= 0.6 is 0 Å². The van der Waals surface area contributed by atoms with E-state index in [0.29, 0.717) is 22.6 Å². The zero-order valence-corrected chi connectivity index (χ0v) is 14.3. The van der Waals surface area contributed by atoms with Gasteiger partial charge in [0.1, 0.15) is 5.82 Å². The molecule has 1 aliphatic rings. The van der Waals surface area contributed by atoms with Gasteiger partial charge in [-0.15, -0.1) is 5.10 Å². The minimum atomic E-state index is -0.301. The van der Waals surface area contributed by atoms with Crippen LogP contribution < -0.4 is 5.32 Å². The molecule has 0 spiro atoms. The Balaban J connectivity index is 1.76. The first-order chi connectivity index (χ1) is 11.5. The molecule has 0 radical (unpaired) electrons. The maximum atomic E-state index is 13.8. The Morgan fingerprint density at radius 3 is 2.62 bits per heavy atom. The third kappa shape index (κ3) is 3.32. The highest BCUT2D eigenvalue weighted by atomic mass is 19.1. The van der Waals surface area contributed by atoms with Crippen molar-refractivity contribution < 1.29 is 9.18 Å². The van der Waals surface area contributed by atoms with Gasteiger partial charge >= 0.3 is 0 Å². The minimum Gasteiger partial charge on any atom is -0.348 e. The second-order valence-electron chi connectivity index (χ2n) is 6.80. The number of carbonyl (C=O) groups excluding carboxylic acids is 1. The average Bonchev–Trinajstić information content (AvgIpc) is 2.94. The van der Waals surface area contributed by atoms with Crippen LogP contribution in [0.5, 0.6) is 0 Å². The Morgan fingerprint density at radius 2 is 1.96 bits per heavy atom. The second kappa shape index (κ2) is 6.71. The monoisotopic (exact) mass is 330 g/mol. The van der Waals surface area contributed by atoms with Crippen LogP contribution in [0.2, 0.25) is 0 Å². The number of carbonyl (C=O) groups is 1. The molecule has 24 heavy (non-hydrogen) atoms. The molecule has 1 fully saturated rings. The molecule has 128 valence electrons. The van der Waals surface area contributed by atoms with Gasteiger partial charge in [-0.25, -0.2) is 9.07 Å². The van der Waals surface area contributed by atoms with E-state index in [1.807, 2.05) is 0 Å². The highest BCUT2D eigenvalue weighted by molar-refractivity contribution is 5.93. The van der Waals surface area contributed by atoms with Crippen LogP contribution in [0.25, 0.3) is 5.69 Å². The van der Waals surface area contributed by atoms with Crippen molar-refractivity contribution in [2.75, 3.05) is 0 Å². The van der Waals surface area contributed by atoms with Gasteiger partial charge in [0, 0.05) is 6.04 Å². The first-order valence-corrected chi connectivity index (χ1v) is 8.45. The fourth-order valence-corrected chi connectivity index (χ4v) is 3.16. The molecule has 0 saturated heterocycles. The van der Waals surface area contributed by atoms with Gasteiger partial charge in [-0.1, -0.05) is 18.2 Å². The zero-order valence-electron chi connectivity index (χ0n) is 14.3. The fourth-order valence-electron chi connectivity index (χ4n) is 3.16. The molecule has 0 aliphatic heterocycles. The van der Waals surface area contributed by atoms with Crippen LogP contribution in [0.4, 0.5) is 4.39 Å². The quantitative estimate of drug-likeness (QED) is 0.939. The third-order valence-electron chi connectivity index (χ3n) is 4.86. The summed E-state index contributed by atoms with van der Waals surface area (Å²) < 4.78 is 15.3. The van der Waals surface area contributed by atoms with E-state index in [1.165, 1.54) is 10.7 Å². The Bertz CT molecular complexity index is 747. The summed E-state index contributed by atoms with van der Waals surface area (Å²) in [7, 11) is 0. The van der Waals surface area contributed by atoms with Gasteiger partial charge in [-0.3, -0.25) is 4.79 Å². The first kappa shape index (κ1) is 16.6. The Kier molecular flexibility index (Phi) is 4.64. The summed E-state index contributed by atoms with van der Waals surface area (Å²) >= 11 is 0. The molecule has 1 saturated carbocycles. The van der Waals surface area contributed by atoms with Crippen molar-refractivity contribution in [3.05, 3.63) is 41.0 Å². The van der Waals surface area contributed by atoms with Gasteiger partial charge in [-0.05, 0) is 63.1 Å². The standard InChI is InChI=1S/C18H23FN4O/c1-11-4-7-14(8-5-11)20-18(24)17-13(3)23(22-21-17)15-9-6-12(2)16(19)10-15/h6,9-11,14H,4-5,7-8H2,1-3H3,(H,20,24). The molecule has 1 amide bonds. The summed E-state index contributed by atoms with van der Waals surface area (Å²) in [6.07, 6.45) is 4.28. The number of rotatable bonds is 3. The summed E-state index contributed by atoms with van der Waals surface area (Å²) in [5.41, 5.74) is 2.05. The number of hydrogen-bond acceptors (Lipinski definition) is 3. The molecule has 1 heterocycles. The van der Waals surface area contributed by atoms with Crippen LogP contribution in [-0.2, 0) is 0 Å². The molecule has 1 aromatic carbocycles. The van der Waals surface area contributed by atoms with E-state index in [4.69, 9.17) is 0 Å². The van der Waals surface area contributed by atoms with Crippen LogP contribution in [0.15, 0.2) is 18.2 Å². The number of nitrogens with one attached hydrogen (secondary N) is 1.